The Morgan fingerprint density at radius 3 is 2.42 bits per heavy atom. The Morgan fingerprint density at radius 2 is 1.70 bits per heavy atom. The molecule has 2 aliphatic heterocycles. The number of carbonyl (C=O) groups excluding carboxylic acids is 1. The summed E-state index contributed by atoms with van der Waals surface area (Å²) in [7, 11) is -3.89. The molecule has 8 nitrogen and oxygen atoms in total. The van der Waals surface area contributed by atoms with Gasteiger partial charge in [-0.05, 0) is 23.8 Å². The van der Waals surface area contributed by atoms with Crippen LogP contribution < -0.4 is 0 Å². The largest absolute Gasteiger partial charge is 0.457 e. The third kappa shape index (κ3) is 4.06. The van der Waals surface area contributed by atoms with E-state index in [-0.39, 0.29) is 27.5 Å². The lowest BCUT2D eigenvalue weighted by Gasteiger charge is -2.24. The number of hydrogen-bond acceptors (Lipinski definition) is 7. The van der Waals surface area contributed by atoms with Crippen molar-refractivity contribution < 1.29 is 17.6 Å². The smallest absolute Gasteiger partial charge is 0.283 e. The molecule has 2 aliphatic rings. The molecule has 3 heterocycles. The average molecular weight is 477 g/mol. The topological polar surface area (TPSA) is 116 Å². The van der Waals surface area contributed by atoms with Crippen LogP contribution in [0.3, 0.4) is 0 Å². The van der Waals surface area contributed by atoms with Gasteiger partial charge in [0.25, 0.3) is 5.91 Å². The number of furan rings is 1. The third-order valence-corrected chi connectivity index (χ3v) is 7.30. The summed E-state index contributed by atoms with van der Waals surface area (Å²) in [4.78, 5) is 17.6. The van der Waals surface area contributed by atoms with Crippen molar-refractivity contribution in [2.24, 2.45) is 9.39 Å². The Morgan fingerprint density at radius 1 is 1.00 bits per heavy atom. The van der Waals surface area contributed by atoms with E-state index >= 15 is 0 Å². The maximum atomic E-state index is 13.0. The van der Waals surface area contributed by atoms with Crippen LogP contribution in [-0.4, -0.2) is 35.4 Å². The van der Waals surface area contributed by atoms with Gasteiger partial charge in [0.1, 0.15) is 17.4 Å². The SMILES string of the molecule is N=C1/C(=C/c2ccc(-c3ccccc3)o2)C(=O)N=C2SN=C(S(=O)(=O)Cc3ccccc3)N12. The highest BCUT2D eigenvalue weighted by atomic mass is 32.2. The van der Waals surface area contributed by atoms with Crippen LogP contribution in [0.1, 0.15) is 11.3 Å². The number of nitrogens with one attached hydrogen (secondary N) is 1. The Kier molecular flexibility index (Phi) is 5.31. The van der Waals surface area contributed by atoms with E-state index in [1.807, 2.05) is 30.3 Å². The predicted molar refractivity (Wildman–Crippen MR) is 128 cm³/mol. The fourth-order valence-corrected chi connectivity index (χ4v) is 5.85. The Labute approximate surface area is 193 Å². The zero-order chi connectivity index (χ0) is 23.0. The molecule has 1 N–H and O–H groups in total. The molecule has 5 rings (SSSR count). The van der Waals surface area contributed by atoms with Crippen molar-refractivity contribution in [2.75, 3.05) is 0 Å². The van der Waals surface area contributed by atoms with Crippen molar-refractivity contribution >= 4 is 49.9 Å². The Balaban J connectivity index is 1.45. The van der Waals surface area contributed by atoms with Gasteiger partial charge in [-0.1, -0.05) is 60.7 Å². The van der Waals surface area contributed by atoms with E-state index < -0.39 is 15.7 Å². The number of rotatable bonds is 4. The molecule has 0 aliphatic carbocycles. The Hall–Kier alpha value is -3.76. The second-order valence-corrected chi connectivity index (χ2v) is 9.83. The average Bonchev–Trinajstić information content (AvgIpc) is 3.45. The Bertz CT molecular complexity index is 1460. The van der Waals surface area contributed by atoms with Gasteiger partial charge in [0.15, 0.2) is 0 Å². The van der Waals surface area contributed by atoms with Crippen molar-refractivity contribution in [2.45, 2.75) is 5.75 Å². The predicted octanol–water partition coefficient (Wildman–Crippen LogP) is 4.14. The summed E-state index contributed by atoms with van der Waals surface area (Å²) < 4.78 is 35.9. The maximum Gasteiger partial charge on any atom is 0.283 e. The lowest BCUT2D eigenvalue weighted by Crippen LogP contribution is -2.45. The molecule has 0 bridgehead atoms. The van der Waals surface area contributed by atoms with Crippen LogP contribution in [0.5, 0.6) is 0 Å². The molecule has 164 valence electrons. The minimum Gasteiger partial charge on any atom is -0.457 e. The van der Waals surface area contributed by atoms with Gasteiger partial charge in [0.2, 0.25) is 20.2 Å². The molecule has 0 atom stereocenters. The number of nitrogens with zero attached hydrogens (tertiary/aromatic N) is 3. The quantitative estimate of drug-likeness (QED) is 0.447. The monoisotopic (exact) mass is 476 g/mol. The van der Waals surface area contributed by atoms with Crippen LogP contribution in [0.4, 0.5) is 0 Å². The van der Waals surface area contributed by atoms with Crippen LogP contribution in [0.2, 0.25) is 0 Å². The number of amidine groups is 3. The van der Waals surface area contributed by atoms with Gasteiger partial charge in [0.05, 0.1) is 23.3 Å². The first-order chi connectivity index (χ1) is 15.9. The van der Waals surface area contributed by atoms with Crippen molar-refractivity contribution in [1.29, 1.82) is 5.41 Å². The third-order valence-electron chi connectivity index (χ3n) is 4.94. The highest BCUT2D eigenvalue weighted by Gasteiger charge is 2.42. The first kappa shape index (κ1) is 21.1. The van der Waals surface area contributed by atoms with Gasteiger partial charge < -0.3 is 4.42 Å². The van der Waals surface area contributed by atoms with Crippen molar-refractivity contribution in [3.63, 3.8) is 0 Å². The first-order valence-corrected chi connectivity index (χ1v) is 12.3. The number of aliphatic imine (C=N–C) groups is 1. The van der Waals surface area contributed by atoms with E-state index in [2.05, 4.69) is 9.39 Å². The second-order valence-electron chi connectivity index (χ2n) is 7.22. The number of fused-ring (bicyclic) bond motifs is 1. The van der Waals surface area contributed by atoms with Crippen LogP contribution in [0, 0.1) is 5.41 Å². The van der Waals surface area contributed by atoms with Gasteiger partial charge in [0, 0.05) is 5.56 Å². The summed E-state index contributed by atoms with van der Waals surface area (Å²) in [6.45, 7) is 0. The summed E-state index contributed by atoms with van der Waals surface area (Å²) in [6, 6.07) is 21.6. The molecule has 2 aromatic carbocycles. The molecule has 1 amide bonds. The highest BCUT2D eigenvalue weighted by Crippen LogP contribution is 2.31. The summed E-state index contributed by atoms with van der Waals surface area (Å²) in [5, 5.41) is 8.29. The van der Waals surface area contributed by atoms with Gasteiger partial charge in [-0.25, -0.2) is 13.3 Å². The van der Waals surface area contributed by atoms with E-state index in [9.17, 15) is 13.2 Å². The molecule has 0 saturated carbocycles. The zero-order valence-corrected chi connectivity index (χ0v) is 18.6. The minimum absolute atomic E-state index is 0.0400. The second kappa shape index (κ2) is 8.30. The van der Waals surface area contributed by atoms with Gasteiger partial charge in [-0.15, -0.1) is 0 Å². The lowest BCUT2D eigenvalue weighted by atomic mass is 10.1. The van der Waals surface area contributed by atoms with E-state index in [4.69, 9.17) is 9.83 Å². The molecule has 3 aromatic rings. The minimum atomic E-state index is -3.89. The van der Waals surface area contributed by atoms with Crippen molar-refractivity contribution in [3.05, 3.63) is 89.7 Å². The van der Waals surface area contributed by atoms with E-state index in [1.54, 1.807) is 42.5 Å². The summed E-state index contributed by atoms with van der Waals surface area (Å²) in [5.74, 6) is -0.309. The van der Waals surface area contributed by atoms with Gasteiger partial charge >= 0.3 is 0 Å². The molecule has 0 unspecified atom stereocenters. The molecule has 33 heavy (non-hydrogen) atoms. The van der Waals surface area contributed by atoms with Gasteiger partial charge in [-0.3, -0.25) is 10.2 Å². The molecule has 1 aromatic heterocycles. The van der Waals surface area contributed by atoms with E-state index in [0.29, 0.717) is 17.1 Å². The molecular weight excluding hydrogens is 460 g/mol. The number of benzene rings is 2. The van der Waals surface area contributed by atoms with E-state index in [0.717, 1.165) is 22.4 Å². The first-order valence-electron chi connectivity index (χ1n) is 9.83. The maximum absolute atomic E-state index is 13.0. The molecule has 0 saturated heterocycles. The summed E-state index contributed by atoms with van der Waals surface area (Å²) in [6.07, 6.45) is 1.39. The number of amides is 1. The fourth-order valence-electron chi connectivity index (χ4n) is 3.39. The molecule has 0 radical (unpaired) electrons. The van der Waals surface area contributed by atoms with Crippen LogP contribution in [0.15, 0.2) is 92.2 Å². The van der Waals surface area contributed by atoms with Crippen molar-refractivity contribution in [3.8, 4) is 11.3 Å². The molecular formula is C23H16N4O4S2. The number of sulfone groups is 1. The lowest BCUT2D eigenvalue weighted by molar-refractivity contribution is -0.114. The summed E-state index contributed by atoms with van der Waals surface area (Å²) >= 11 is 0.761. The van der Waals surface area contributed by atoms with E-state index in [1.165, 1.54) is 6.08 Å². The fraction of sp³-hybridized carbons (Fsp3) is 0.0435. The standard InChI is InChI=1S/C23H16N4O4S2/c24-20-18(13-17-11-12-19(31-17)16-9-5-2-6-10-16)21(28)25-22-27(20)23(26-32-22)33(29,30)14-15-7-3-1-4-8-15/h1-13,24H,14H2/b18-13-,24-20?. The molecule has 0 fully saturated rings. The van der Waals surface area contributed by atoms with Crippen molar-refractivity contribution in [1.82, 2.24) is 4.90 Å². The summed E-state index contributed by atoms with van der Waals surface area (Å²) in [5.41, 5.74) is 1.37. The molecule has 0 spiro atoms. The zero-order valence-electron chi connectivity index (χ0n) is 17.0. The number of hydrogen-bond donors (Lipinski definition) is 1. The number of carbonyl (C=O) groups is 1. The van der Waals surface area contributed by atoms with Crippen LogP contribution in [0.25, 0.3) is 17.4 Å². The van der Waals surface area contributed by atoms with Gasteiger partial charge in [-0.2, -0.15) is 9.39 Å². The molecule has 10 heteroatoms. The van der Waals surface area contributed by atoms with Crippen LogP contribution in [-0.2, 0) is 20.4 Å². The normalized spacial score (nSPS) is 17.2. The highest BCUT2D eigenvalue weighted by molar-refractivity contribution is 8.16. The van der Waals surface area contributed by atoms with Crippen LogP contribution >= 0.6 is 11.9 Å².